The Balaban J connectivity index is 1.46. The van der Waals surface area contributed by atoms with Crippen LogP contribution in [-0.4, -0.2) is 64.1 Å². The molecule has 0 saturated carbocycles. The van der Waals surface area contributed by atoms with Crippen molar-refractivity contribution in [3.05, 3.63) is 12.4 Å². The van der Waals surface area contributed by atoms with E-state index in [1.165, 1.54) is 0 Å². The van der Waals surface area contributed by atoms with E-state index in [4.69, 9.17) is 18.8 Å². The zero-order valence-corrected chi connectivity index (χ0v) is 20.6. The quantitative estimate of drug-likeness (QED) is 0.486. The minimum atomic E-state index is -0.487. The molecule has 0 spiro atoms. The highest BCUT2D eigenvalue weighted by atomic mass is 16.7. The molecule has 32 heavy (non-hydrogen) atoms. The Morgan fingerprint density at radius 3 is 2.38 bits per heavy atom. The van der Waals surface area contributed by atoms with Crippen molar-refractivity contribution in [3.63, 3.8) is 0 Å². The van der Waals surface area contributed by atoms with Crippen molar-refractivity contribution in [2.24, 2.45) is 0 Å². The number of aromatic nitrogens is 2. The third-order valence-corrected chi connectivity index (χ3v) is 6.34. The van der Waals surface area contributed by atoms with Gasteiger partial charge in [-0.25, -0.2) is 14.8 Å². The van der Waals surface area contributed by atoms with Gasteiger partial charge in [0.1, 0.15) is 5.60 Å². The number of carbonyl (C=O) groups excluding carboxylic acids is 1. The lowest BCUT2D eigenvalue weighted by Crippen LogP contribution is -2.46. The molecule has 0 N–H and O–H groups in total. The average molecular weight is 447 g/mol. The first-order chi connectivity index (χ1) is 14.9. The van der Waals surface area contributed by atoms with Gasteiger partial charge in [-0.3, -0.25) is 0 Å². The van der Waals surface area contributed by atoms with Crippen molar-refractivity contribution in [1.29, 1.82) is 0 Å². The molecule has 1 aromatic heterocycles. The van der Waals surface area contributed by atoms with E-state index in [-0.39, 0.29) is 12.1 Å². The number of amides is 1. The highest BCUT2D eigenvalue weighted by Gasteiger charge is 2.52. The lowest BCUT2D eigenvalue weighted by molar-refractivity contribution is 0.00578. The van der Waals surface area contributed by atoms with E-state index in [1.807, 2.05) is 53.4 Å². The van der Waals surface area contributed by atoms with E-state index in [1.54, 1.807) is 12.4 Å². The number of nitrogens with zero attached hydrogens (tertiary/aromatic N) is 3. The highest BCUT2D eigenvalue weighted by Crippen LogP contribution is 2.36. The van der Waals surface area contributed by atoms with Gasteiger partial charge in [-0.2, -0.15) is 0 Å². The first-order valence-electron chi connectivity index (χ1n) is 11.7. The van der Waals surface area contributed by atoms with Crippen LogP contribution in [0.25, 0.3) is 0 Å². The molecular weight excluding hydrogens is 409 g/mol. The van der Waals surface area contributed by atoms with E-state index in [9.17, 15) is 4.79 Å². The van der Waals surface area contributed by atoms with Crippen LogP contribution in [0.4, 0.5) is 4.79 Å². The number of likely N-dealkylation sites (tertiary alicyclic amines) is 1. The van der Waals surface area contributed by atoms with Crippen LogP contribution in [0.2, 0.25) is 0 Å². The van der Waals surface area contributed by atoms with Crippen molar-refractivity contribution < 1.29 is 23.6 Å². The summed E-state index contributed by atoms with van der Waals surface area (Å²) < 4.78 is 23.4. The maximum Gasteiger partial charge on any atom is 0.498 e. The van der Waals surface area contributed by atoms with E-state index in [0.717, 1.165) is 44.1 Å². The van der Waals surface area contributed by atoms with Crippen molar-refractivity contribution in [3.8, 4) is 6.01 Å². The van der Waals surface area contributed by atoms with Crippen LogP contribution in [0.1, 0.15) is 80.6 Å². The fourth-order valence-electron chi connectivity index (χ4n) is 3.85. The van der Waals surface area contributed by atoms with Gasteiger partial charge >= 0.3 is 19.2 Å². The Kier molecular flexibility index (Phi) is 7.39. The van der Waals surface area contributed by atoms with Crippen molar-refractivity contribution in [1.82, 2.24) is 14.9 Å². The average Bonchev–Trinajstić information content (AvgIpc) is 2.92. The molecule has 9 heteroatoms. The second kappa shape index (κ2) is 9.55. The normalized spacial score (nSPS) is 22.7. The van der Waals surface area contributed by atoms with Gasteiger partial charge in [-0.05, 0) is 80.6 Å². The smallest absolute Gasteiger partial charge is 0.463 e. The molecule has 8 nitrogen and oxygen atoms in total. The molecule has 2 aliphatic rings. The third kappa shape index (κ3) is 6.13. The van der Waals surface area contributed by atoms with Crippen molar-refractivity contribution in [2.45, 2.75) is 103 Å². The number of rotatable bonds is 6. The van der Waals surface area contributed by atoms with Crippen LogP contribution in [0, 0.1) is 0 Å². The summed E-state index contributed by atoms with van der Waals surface area (Å²) in [6.45, 7) is 15.0. The summed E-state index contributed by atoms with van der Waals surface area (Å²) in [5.41, 5.74) is -0.518. The van der Waals surface area contributed by atoms with Gasteiger partial charge in [0.05, 0.1) is 17.8 Å². The van der Waals surface area contributed by atoms with E-state index < -0.39 is 23.9 Å². The predicted octanol–water partition coefficient (Wildman–Crippen LogP) is 3.72. The van der Waals surface area contributed by atoms with Gasteiger partial charge in [0.2, 0.25) is 0 Å². The molecule has 0 radical (unpaired) electrons. The molecule has 3 heterocycles. The van der Waals surface area contributed by atoms with Gasteiger partial charge in [-0.1, -0.05) is 0 Å². The molecule has 3 rings (SSSR count). The van der Waals surface area contributed by atoms with Crippen LogP contribution >= 0.6 is 0 Å². The summed E-state index contributed by atoms with van der Waals surface area (Å²) in [6, 6.07) is 0.520. The Morgan fingerprint density at radius 1 is 1.16 bits per heavy atom. The lowest BCUT2D eigenvalue weighted by atomic mass is 9.81. The van der Waals surface area contributed by atoms with Crippen LogP contribution in [0.3, 0.4) is 0 Å². The molecule has 2 fully saturated rings. The summed E-state index contributed by atoms with van der Waals surface area (Å²) in [5, 5.41) is 0. The zero-order chi connectivity index (χ0) is 23.6. The third-order valence-electron chi connectivity index (χ3n) is 6.34. The van der Waals surface area contributed by atoms with Crippen LogP contribution in [0.15, 0.2) is 12.4 Å². The maximum absolute atomic E-state index is 12.5. The largest absolute Gasteiger partial charge is 0.498 e. The van der Waals surface area contributed by atoms with Gasteiger partial charge in [0, 0.05) is 30.4 Å². The Labute approximate surface area is 192 Å². The highest BCUT2D eigenvalue weighted by molar-refractivity contribution is 6.61. The van der Waals surface area contributed by atoms with Crippen LogP contribution in [0.5, 0.6) is 6.01 Å². The first-order valence-corrected chi connectivity index (χ1v) is 11.7. The minimum Gasteiger partial charge on any atom is -0.463 e. The fraction of sp³-hybridized carbons (Fsp3) is 0.783. The number of hydrogen-bond donors (Lipinski definition) is 0. The standard InChI is InChI=1S/C23H38BN3O5/c1-21(2,3)30-20(28)27-13-9-8-11-18(27)12-10-14-29-19-25-15-17(16-26-19)24-31-22(4,5)23(6,7)32-24/h15-16,18H,8-14H2,1-7H3. The summed E-state index contributed by atoms with van der Waals surface area (Å²) in [4.78, 5) is 23.0. The summed E-state index contributed by atoms with van der Waals surface area (Å²) in [6.07, 6.45) is 8.00. The van der Waals surface area contributed by atoms with Gasteiger partial charge in [0.25, 0.3) is 0 Å². The molecule has 1 atom stereocenters. The molecule has 2 saturated heterocycles. The molecule has 0 bridgehead atoms. The maximum atomic E-state index is 12.5. The minimum absolute atomic E-state index is 0.189. The molecule has 1 unspecified atom stereocenters. The molecule has 0 aromatic carbocycles. The van der Waals surface area contributed by atoms with Gasteiger partial charge < -0.3 is 23.7 Å². The molecule has 0 aliphatic carbocycles. The second-order valence-corrected chi connectivity index (χ2v) is 10.7. The first kappa shape index (κ1) is 24.8. The number of hydrogen-bond acceptors (Lipinski definition) is 7. The Morgan fingerprint density at radius 2 is 1.78 bits per heavy atom. The van der Waals surface area contributed by atoms with Crippen molar-refractivity contribution >= 4 is 18.7 Å². The molecule has 2 aliphatic heterocycles. The SMILES string of the molecule is CC(C)(C)OC(=O)N1CCCCC1CCCOc1ncc(B2OC(C)(C)C(C)(C)O2)cn1. The summed E-state index contributed by atoms with van der Waals surface area (Å²) >= 11 is 0. The lowest BCUT2D eigenvalue weighted by Gasteiger charge is -2.36. The van der Waals surface area contributed by atoms with Crippen LogP contribution in [-0.2, 0) is 14.0 Å². The van der Waals surface area contributed by atoms with E-state index in [2.05, 4.69) is 9.97 Å². The Hall–Kier alpha value is -1.87. The Bertz CT molecular complexity index is 763. The number of ether oxygens (including phenoxy) is 2. The van der Waals surface area contributed by atoms with Crippen LogP contribution < -0.4 is 10.2 Å². The van der Waals surface area contributed by atoms with E-state index in [0.29, 0.717) is 12.6 Å². The fourth-order valence-corrected chi connectivity index (χ4v) is 3.85. The van der Waals surface area contributed by atoms with E-state index >= 15 is 0 Å². The topological polar surface area (TPSA) is 83.0 Å². The molecule has 1 aromatic rings. The van der Waals surface area contributed by atoms with Gasteiger partial charge in [0.15, 0.2) is 0 Å². The molecule has 178 valence electrons. The molecule has 1 amide bonds. The summed E-state index contributed by atoms with van der Waals surface area (Å²) in [7, 11) is -0.487. The number of carbonyl (C=O) groups is 1. The predicted molar refractivity (Wildman–Crippen MR) is 123 cm³/mol. The second-order valence-electron chi connectivity index (χ2n) is 10.7. The number of piperidine rings is 1. The van der Waals surface area contributed by atoms with Crippen molar-refractivity contribution in [2.75, 3.05) is 13.2 Å². The zero-order valence-electron chi connectivity index (χ0n) is 20.6. The summed E-state index contributed by atoms with van der Waals surface area (Å²) in [5.74, 6) is 0. The monoisotopic (exact) mass is 447 g/mol. The molecular formula is C23H38BN3O5. The van der Waals surface area contributed by atoms with Gasteiger partial charge in [-0.15, -0.1) is 0 Å².